The largest absolute Gasteiger partial charge is 0.497 e. The molecule has 2 aliphatic rings. The van der Waals surface area contributed by atoms with E-state index in [0.717, 1.165) is 31.5 Å². The summed E-state index contributed by atoms with van der Waals surface area (Å²) in [6, 6.07) is 10.8. The Hall–Kier alpha value is -3.02. The second kappa shape index (κ2) is 7.54. The lowest BCUT2D eigenvalue weighted by Crippen LogP contribution is -2.38. The number of imide groups is 1. The second-order valence-corrected chi connectivity index (χ2v) is 7.40. The van der Waals surface area contributed by atoms with Gasteiger partial charge in [0.25, 0.3) is 11.8 Å². The van der Waals surface area contributed by atoms with Crippen LogP contribution < -0.4 is 4.74 Å². The Kier molecular flexibility index (Phi) is 4.94. The van der Waals surface area contributed by atoms with Gasteiger partial charge in [0.15, 0.2) is 0 Å². The van der Waals surface area contributed by atoms with Crippen molar-refractivity contribution in [1.29, 1.82) is 0 Å². The Bertz CT molecular complexity index is 891. The molecule has 1 saturated heterocycles. The number of hydrogen-bond donors (Lipinski definition) is 0. The summed E-state index contributed by atoms with van der Waals surface area (Å²) in [7, 11) is 1.60. The van der Waals surface area contributed by atoms with Gasteiger partial charge in [-0.05, 0) is 48.6 Å². The van der Waals surface area contributed by atoms with E-state index in [1.165, 1.54) is 4.90 Å². The topological polar surface area (TPSA) is 63.0 Å². The van der Waals surface area contributed by atoms with Crippen molar-refractivity contribution in [2.75, 3.05) is 20.2 Å². The highest BCUT2D eigenvalue weighted by Crippen LogP contribution is 2.35. The molecule has 0 saturated carbocycles. The maximum absolute atomic E-state index is 13.3. The van der Waals surface area contributed by atoms with Crippen molar-refractivity contribution < 1.29 is 18.7 Å². The zero-order chi connectivity index (χ0) is 19.7. The van der Waals surface area contributed by atoms with Gasteiger partial charge in [-0.3, -0.25) is 14.5 Å². The van der Waals surface area contributed by atoms with Crippen molar-refractivity contribution in [3.05, 3.63) is 59.7 Å². The average molecular weight is 380 g/mol. The van der Waals surface area contributed by atoms with Crippen LogP contribution in [-0.2, 0) is 16.1 Å². The summed E-state index contributed by atoms with van der Waals surface area (Å²) in [6.07, 6.45) is 3.57. The minimum absolute atomic E-state index is 0.137. The third-order valence-corrected chi connectivity index (χ3v) is 5.52. The molecule has 2 aromatic rings. The van der Waals surface area contributed by atoms with Crippen LogP contribution in [0.2, 0.25) is 0 Å². The summed E-state index contributed by atoms with van der Waals surface area (Å²) in [4.78, 5) is 29.9. The zero-order valence-electron chi connectivity index (χ0n) is 16.2. The van der Waals surface area contributed by atoms with Crippen molar-refractivity contribution in [2.45, 2.75) is 26.3 Å². The number of methoxy groups -OCH3 is 1. The van der Waals surface area contributed by atoms with Crippen molar-refractivity contribution >= 4 is 17.4 Å². The zero-order valence-corrected chi connectivity index (χ0v) is 16.2. The molecule has 0 N–H and O–H groups in total. The number of amides is 2. The van der Waals surface area contributed by atoms with Gasteiger partial charge < -0.3 is 14.1 Å². The minimum Gasteiger partial charge on any atom is -0.497 e. The third kappa shape index (κ3) is 3.30. The molecule has 6 heteroatoms. The number of ether oxygens (including phenoxy) is 1. The van der Waals surface area contributed by atoms with Crippen LogP contribution in [0.25, 0.3) is 5.57 Å². The Morgan fingerprint density at radius 1 is 1.07 bits per heavy atom. The number of carbonyl (C=O) groups is 2. The summed E-state index contributed by atoms with van der Waals surface area (Å²) in [5.41, 5.74) is 1.71. The molecule has 0 unspecified atom stereocenters. The predicted octanol–water partition coefficient (Wildman–Crippen LogP) is 3.30. The number of benzene rings is 1. The summed E-state index contributed by atoms with van der Waals surface area (Å²) in [5, 5.41) is 0. The van der Waals surface area contributed by atoms with Crippen LogP contribution in [0.1, 0.15) is 31.1 Å². The molecule has 0 atom stereocenters. The Labute approximate surface area is 164 Å². The number of furan rings is 1. The molecule has 6 nitrogen and oxygen atoms in total. The van der Waals surface area contributed by atoms with E-state index in [9.17, 15) is 9.59 Å². The monoisotopic (exact) mass is 380 g/mol. The van der Waals surface area contributed by atoms with Gasteiger partial charge in [-0.25, -0.2) is 0 Å². The first-order valence-corrected chi connectivity index (χ1v) is 9.60. The van der Waals surface area contributed by atoms with Gasteiger partial charge in [-0.1, -0.05) is 19.1 Å². The number of hydrogen-bond acceptors (Lipinski definition) is 5. The predicted molar refractivity (Wildman–Crippen MR) is 104 cm³/mol. The number of likely N-dealkylation sites (tertiary alicyclic amines) is 1. The normalized spacial score (nSPS) is 18.4. The maximum Gasteiger partial charge on any atom is 0.278 e. The molecule has 3 heterocycles. The van der Waals surface area contributed by atoms with E-state index in [4.69, 9.17) is 9.15 Å². The molecule has 1 aromatic carbocycles. The van der Waals surface area contributed by atoms with Crippen molar-refractivity contribution in [2.24, 2.45) is 5.92 Å². The first-order valence-electron chi connectivity index (χ1n) is 9.60. The SMILES string of the molecule is COc1ccc(C2=C(N3CCC(C)CC3)C(=O)N(Cc3ccco3)C2=O)cc1. The van der Waals surface area contributed by atoms with Gasteiger partial charge in [0, 0.05) is 13.1 Å². The summed E-state index contributed by atoms with van der Waals surface area (Å²) < 4.78 is 10.6. The molecule has 2 aliphatic heterocycles. The van der Waals surface area contributed by atoms with Crippen molar-refractivity contribution in [1.82, 2.24) is 9.80 Å². The van der Waals surface area contributed by atoms with Crippen molar-refractivity contribution in [3.63, 3.8) is 0 Å². The first kappa shape index (κ1) is 18.3. The fourth-order valence-electron chi connectivity index (χ4n) is 3.81. The summed E-state index contributed by atoms with van der Waals surface area (Å²) in [5.74, 6) is 1.40. The van der Waals surface area contributed by atoms with Gasteiger partial charge in [-0.2, -0.15) is 0 Å². The van der Waals surface area contributed by atoms with Crippen LogP contribution in [0.15, 0.2) is 52.8 Å². The van der Waals surface area contributed by atoms with Gasteiger partial charge in [0.2, 0.25) is 0 Å². The van der Waals surface area contributed by atoms with E-state index >= 15 is 0 Å². The molecule has 1 aromatic heterocycles. The summed E-state index contributed by atoms with van der Waals surface area (Å²) in [6.45, 7) is 3.92. The number of rotatable bonds is 5. The number of carbonyl (C=O) groups excluding carboxylic acids is 2. The van der Waals surface area contributed by atoms with Crippen LogP contribution in [0.4, 0.5) is 0 Å². The molecule has 1 fully saturated rings. The van der Waals surface area contributed by atoms with Crippen LogP contribution >= 0.6 is 0 Å². The summed E-state index contributed by atoms with van der Waals surface area (Å²) >= 11 is 0. The first-order chi connectivity index (χ1) is 13.6. The molecule has 0 spiro atoms. The lowest BCUT2D eigenvalue weighted by Gasteiger charge is -2.32. The highest BCUT2D eigenvalue weighted by molar-refractivity contribution is 6.35. The quantitative estimate of drug-likeness (QED) is 0.745. The molecule has 2 amide bonds. The lowest BCUT2D eigenvalue weighted by atomic mass is 9.97. The van der Waals surface area contributed by atoms with E-state index in [0.29, 0.717) is 28.7 Å². The molecule has 0 bridgehead atoms. The van der Waals surface area contributed by atoms with Gasteiger partial charge in [-0.15, -0.1) is 0 Å². The van der Waals surface area contributed by atoms with Crippen LogP contribution in [0, 0.1) is 5.92 Å². The Balaban J connectivity index is 1.72. The van der Waals surface area contributed by atoms with Crippen LogP contribution in [0.3, 0.4) is 0 Å². The van der Waals surface area contributed by atoms with E-state index < -0.39 is 0 Å². The van der Waals surface area contributed by atoms with E-state index in [2.05, 4.69) is 11.8 Å². The average Bonchev–Trinajstić information content (AvgIpc) is 3.31. The molecule has 28 heavy (non-hydrogen) atoms. The van der Waals surface area contributed by atoms with Crippen LogP contribution in [0.5, 0.6) is 5.75 Å². The standard InChI is InChI=1S/C22H24N2O4/c1-15-9-11-23(12-10-15)20-19(16-5-7-17(27-2)8-6-16)21(25)24(22(20)26)14-18-4-3-13-28-18/h3-8,13,15H,9-12,14H2,1-2H3. The molecule has 4 rings (SSSR count). The Morgan fingerprint density at radius 3 is 2.39 bits per heavy atom. The minimum atomic E-state index is -0.278. The Morgan fingerprint density at radius 2 is 1.79 bits per heavy atom. The van der Waals surface area contributed by atoms with Gasteiger partial charge in [0.05, 0.1) is 25.5 Å². The number of nitrogens with zero attached hydrogens (tertiary/aromatic N) is 2. The number of piperidine rings is 1. The van der Waals surface area contributed by atoms with Crippen molar-refractivity contribution in [3.8, 4) is 5.75 Å². The maximum atomic E-state index is 13.3. The van der Waals surface area contributed by atoms with E-state index in [1.54, 1.807) is 25.5 Å². The van der Waals surface area contributed by atoms with E-state index in [-0.39, 0.29) is 18.4 Å². The third-order valence-electron chi connectivity index (χ3n) is 5.52. The second-order valence-electron chi connectivity index (χ2n) is 7.40. The molecular weight excluding hydrogens is 356 g/mol. The highest BCUT2D eigenvalue weighted by Gasteiger charge is 2.42. The smallest absolute Gasteiger partial charge is 0.278 e. The molecular formula is C22H24N2O4. The highest BCUT2D eigenvalue weighted by atomic mass is 16.5. The van der Waals surface area contributed by atoms with Gasteiger partial charge >= 0.3 is 0 Å². The molecule has 0 aliphatic carbocycles. The fourth-order valence-corrected chi connectivity index (χ4v) is 3.81. The van der Waals surface area contributed by atoms with Crippen LogP contribution in [-0.4, -0.2) is 41.8 Å². The lowest BCUT2D eigenvalue weighted by molar-refractivity contribution is -0.138. The molecule has 146 valence electrons. The van der Waals surface area contributed by atoms with Gasteiger partial charge in [0.1, 0.15) is 17.2 Å². The molecule has 0 radical (unpaired) electrons. The van der Waals surface area contributed by atoms with E-state index in [1.807, 2.05) is 24.3 Å². The fraction of sp³-hybridized carbons (Fsp3) is 0.364.